The standard InChI is InChI=1S/C21H24FN6O6P.C3H6O2/c1-3-31-21(29)13(2)27-35(30,34-14-7-5-4-6-8-14)12-32-16-9-15(22)20(33-16)28-11-26-17-18(23)24-10-25-19(17)28;1-2-3(4)5/h4-11,13,16,20H,3,12H2,1-2H3,(H,27,30)(H2,23,24,25);2H2,1H3,(H,4,5)/t13-,16-,20+,35-;/m0./s1. The fourth-order valence-electron chi connectivity index (χ4n) is 3.30. The van der Waals surface area contributed by atoms with Gasteiger partial charge >= 0.3 is 19.5 Å². The predicted molar refractivity (Wildman–Crippen MR) is 141 cm³/mol. The van der Waals surface area contributed by atoms with Gasteiger partial charge in [0, 0.05) is 12.5 Å². The van der Waals surface area contributed by atoms with Crippen LogP contribution in [0.2, 0.25) is 0 Å². The van der Waals surface area contributed by atoms with Gasteiger partial charge in [0.2, 0.25) is 0 Å². The molecule has 0 aliphatic carbocycles. The second-order valence-electron chi connectivity index (χ2n) is 8.22. The summed E-state index contributed by atoms with van der Waals surface area (Å²) in [5.74, 6) is -1.59. The number of fused-ring (bicyclic) bond motifs is 1. The van der Waals surface area contributed by atoms with Crippen molar-refractivity contribution < 1.29 is 42.4 Å². The van der Waals surface area contributed by atoms with E-state index in [0.29, 0.717) is 5.52 Å². The summed E-state index contributed by atoms with van der Waals surface area (Å²) in [5.41, 5.74) is 6.35. The third-order valence-electron chi connectivity index (χ3n) is 5.17. The van der Waals surface area contributed by atoms with Crippen molar-refractivity contribution in [1.29, 1.82) is 0 Å². The molecule has 4 rings (SSSR count). The number of para-hydroxylation sites is 1. The molecule has 0 spiro atoms. The summed E-state index contributed by atoms with van der Waals surface area (Å²) in [7, 11) is -3.83. The van der Waals surface area contributed by atoms with E-state index >= 15 is 0 Å². The summed E-state index contributed by atoms with van der Waals surface area (Å²) in [5, 5.41) is 10.4. The van der Waals surface area contributed by atoms with Crippen LogP contribution in [-0.4, -0.2) is 61.9 Å². The van der Waals surface area contributed by atoms with Crippen LogP contribution < -0.4 is 15.3 Å². The first-order valence-electron chi connectivity index (χ1n) is 12.1. The Morgan fingerprint density at radius 1 is 1.25 bits per heavy atom. The molecule has 0 saturated carbocycles. The van der Waals surface area contributed by atoms with Crippen LogP contribution in [0.25, 0.3) is 11.2 Å². The Balaban J connectivity index is 0.000000810. The maximum absolute atomic E-state index is 14.8. The highest BCUT2D eigenvalue weighted by molar-refractivity contribution is 7.57. The second kappa shape index (κ2) is 13.9. The first-order valence-corrected chi connectivity index (χ1v) is 13.9. The van der Waals surface area contributed by atoms with Gasteiger partial charge in [0.15, 0.2) is 36.2 Å². The molecule has 0 amide bonds. The number of imidazole rings is 1. The molecule has 0 fully saturated rings. The SMILES string of the molecule is CCC(=O)O.CCOC(=O)[C@H](C)N[P@](=O)(CO[C@@H]1C=C(F)[C@H](n2cnc3c(N)ncnc32)O1)Oc1ccccc1. The van der Waals surface area contributed by atoms with Crippen LogP contribution in [0.5, 0.6) is 5.75 Å². The Morgan fingerprint density at radius 2 is 1.95 bits per heavy atom. The lowest BCUT2D eigenvalue weighted by Gasteiger charge is -2.24. The normalized spacial score (nSPS) is 18.6. The number of aromatic nitrogens is 4. The van der Waals surface area contributed by atoms with Gasteiger partial charge in [-0.25, -0.2) is 24.4 Å². The number of halogens is 1. The van der Waals surface area contributed by atoms with Gasteiger partial charge in [0.1, 0.15) is 23.6 Å². The Kier molecular flexibility index (Phi) is 10.7. The fraction of sp³-hybridized carbons (Fsp3) is 0.375. The quantitative estimate of drug-likeness (QED) is 0.221. The van der Waals surface area contributed by atoms with Gasteiger partial charge in [-0.3, -0.25) is 18.7 Å². The summed E-state index contributed by atoms with van der Waals surface area (Å²) in [6.45, 7) is 4.90. The monoisotopic (exact) mass is 580 g/mol. The van der Waals surface area contributed by atoms with Crippen molar-refractivity contribution >= 4 is 36.4 Å². The first-order chi connectivity index (χ1) is 19.1. The number of nitrogens with two attached hydrogens (primary N) is 1. The van der Waals surface area contributed by atoms with E-state index in [-0.39, 0.29) is 30.2 Å². The zero-order chi connectivity index (χ0) is 29.3. The molecule has 0 unspecified atom stereocenters. The molecule has 1 aromatic carbocycles. The summed E-state index contributed by atoms with van der Waals surface area (Å²) < 4.78 is 51.5. The number of nitrogens with zero attached hydrogens (tertiary/aromatic N) is 4. The number of carbonyl (C=O) groups is 2. The van der Waals surface area contributed by atoms with E-state index in [4.69, 9.17) is 29.6 Å². The lowest BCUT2D eigenvalue weighted by atomic mass is 10.3. The lowest BCUT2D eigenvalue weighted by Crippen LogP contribution is -2.36. The van der Waals surface area contributed by atoms with E-state index in [1.165, 1.54) is 24.1 Å². The summed E-state index contributed by atoms with van der Waals surface area (Å²) in [6, 6.07) is 7.40. The molecular formula is C24H30FN6O8P. The van der Waals surface area contributed by atoms with Gasteiger partial charge in [0.25, 0.3) is 0 Å². The number of carboxylic acid groups (broad SMARTS) is 1. The number of carboxylic acids is 1. The topological polar surface area (TPSA) is 190 Å². The number of carbonyl (C=O) groups excluding carboxylic acids is 1. The van der Waals surface area contributed by atoms with Crippen LogP contribution in [0.4, 0.5) is 10.2 Å². The zero-order valence-electron chi connectivity index (χ0n) is 22.0. The highest BCUT2D eigenvalue weighted by Crippen LogP contribution is 2.45. The van der Waals surface area contributed by atoms with E-state index in [9.17, 15) is 18.5 Å². The Hall–Kier alpha value is -3.91. The third-order valence-corrected chi connectivity index (χ3v) is 6.95. The minimum absolute atomic E-state index is 0.143. The predicted octanol–water partition coefficient (Wildman–Crippen LogP) is 3.39. The zero-order valence-corrected chi connectivity index (χ0v) is 22.9. The highest BCUT2D eigenvalue weighted by atomic mass is 31.2. The number of esters is 1. The van der Waals surface area contributed by atoms with Gasteiger partial charge in [-0.1, -0.05) is 25.1 Å². The molecule has 0 bridgehead atoms. The maximum atomic E-state index is 14.8. The molecule has 0 radical (unpaired) electrons. The van der Waals surface area contributed by atoms with E-state index in [2.05, 4.69) is 20.0 Å². The van der Waals surface area contributed by atoms with Crippen molar-refractivity contribution in [3.8, 4) is 5.75 Å². The molecule has 14 nitrogen and oxygen atoms in total. The van der Waals surface area contributed by atoms with Crippen LogP contribution in [0.3, 0.4) is 0 Å². The molecule has 4 N–H and O–H groups in total. The van der Waals surface area contributed by atoms with E-state index in [1.54, 1.807) is 44.2 Å². The van der Waals surface area contributed by atoms with Crippen molar-refractivity contribution in [3.63, 3.8) is 0 Å². The number of ether oxygens (including phenoxy) is 3. The summed E-state index contributed by atoms with van der Waals surface area (Å²) in [6.07, 6.45) is 0.898. The Labute approximate surface area is 228 Å². The summed E-state index contributed by atoms with van der Waals surface area (Å²) in [4.78, 5) is 33.5. The van der Waals surface area contributed by atoms with Gasteiger partial charge < -0.3 is 29.6 Å². The first kappa shape index (κ1) is 30.6. The average Bonchev–Trinajstić information content (AvgIpc) is 3.52. The van der Waals surface area contributed by atoms with Crippen molar-refractivity contribution in [1.82, 2.24) is 24.6 Å². The molecule has 2 aromatic heterocycles. The molecule has 216 valence electrons. The van der Waals surface area contributed by atoms with Crippen molar-refractivity contribution in [3.05, 3.63) is 54.9 Å². The Bertz CT molecular complexity index is 1390. The largest absolute Gasteiger partial charge is 0.481 e. The smallest absolute Gasteiger partial charge is 0.342 e. The average molecular weight is 581 g/mol. The van der Waals surface area contributed by atoms with Crippen molar-refractivity contribution in [2.24, 2.45) is 0 Å². The van der Waals surface area contributed by atoms with E-state index in [1.807, 2.05) is 0 Å². The lowest BCUT2D eigenvalue weighted by molar-refractivity contribution is -0.144. The minimum Gasteiger partial charge on any atom is -0.481 e. The molecule has 0 saturated heterocycles. The van der Waals surface area contributed by atoms with Gasteiger partial charge in [-0.15, -0.1) is 0 Å². The second-order valence-corrected chi connectivity index (χ2v) is 10.3. The van der Waals surface area contributed by atoms with Gasteiger partial charge in [0.05, 0.1) is 12.9 Å². The number of rotatable bonds is 11. The molecular weight excluding hydrogens is 550 g/mol. The number of benzene rings is 1. The van der Waals surface area contributed by atoms with Crippen LogP contribution in [0, 0.1) is 0 Å². The van der Waals surface area contributed by atoms with Crippen LogP contribution in [0.15, 0.2) is 54.9 Å². The van der Waals surface area contributed by atoms with E-state index < -0.39 is 50.2 Å². The van der Waals surface area contributed by atoms with Crippen LogP contribution >= 0.6 is 7.52 Å². The number of anilines is 1. The fourth-order valence-corrected chi connectivity index (χ4v) is 4.98. The molecule has 1 aliphatic rings. The van der Waals surface area contributed by atoms with Crippen LogP contribution in [0.1, 0.15) is 33.4 Å². The number of nitrogens with one attached hydrogen (secondary N) is 1. The van der Waals surface area contributed by atoms with Gasteiger partial charge in [-0.05, 0) is 26.0 Å². The minimum atomic E-state index is -3.83. The maximum Gasteiger partial charge on any atom is 0.342 e. The molecule has 40 heavy (non-hydrogen) atoms. The highest BCUT2D eigenvalue weighted by Gasteiger charge is 2.36. The van der Waals surface area contributed by atoms with Crippen molar-refractivity contribution in [2.45, 2.75) is 45.8 Å². The number of hydrogen-bond acceptors (Lipinski definition) is 11. The van der Waals surface area contributed by atoms with Crippen LogP contribution in [-0.2, 0) is 28.4 Å². The van der Waals surface area contributed by atoms with E-state index in [0.717, 1.165) is 6.08 Å². The third kappa shape index (κ3) is 8.05. The molecule has 4 atom stereocenters. The molecule has 3 aromatic rings. The number of nitrogen functional groups attached to an aromatic ring is 1. The number of aliphatic carboxylic acids is 1. The number of hydrogen-bond donors (Lipinski definition) is 3. The Morgan fingerprint density at radius 3 is 2.60 bits per heavy atom. The van der Waals surface area contributed by atoms with Gasteiger partial charge in [-0.2, -0.15) is 0 Å². The van der Waals surface area contributed by atoms with Crippen molar-refractivity contribution in [2.75, 3.05) is 18.7 Å². The molecule has 1 aliphatic heterocycles. The molecule has 3 heterocycles. The summed E-state index contributed by atoms with van der Waals surface area (Å²) >= 11 is 0. The molecule has 16 heteroatoms.